The lowest BCUT2D eigenvalue weighted by atomic mass is 9.84. The second kappa shape index (κ2) is 13.9. The van der Waals surface area contributed by atoms with E-state index in [9.17, 15) is 0 Å². The first kappa shape index (κ1) is 34.1. The topological polar surface area (TPSA) is 8.17 Å². The number of para-hydroxylation sites is 4. The molecule has 60 heavy (non-hydrogen) atoms. The Kier molecular flexibility index (Phi) is 7.89. The molecular weight excluding hydrogens is 725 g/mol. The summed E-state index contributed by atoms with van der Waals surface area (Å²) >= 11 is 0. The maximum absolute atomic E-state index is 2.44. The van der Waals surface area contributed by atoms with E-state index in [1.165, 1.54) is 87.1 Å². The smallest absolute Gasteiger partial charge is 0.0541 e. The summed E-state index contributed by atoms with van der Waals surface area (Å²) in [7, 11) is 0. The maximum atomic E-state index is 2.44. The summed E-state index contributed by atoms with van der Waals surface area (Å²) in [5, 5.41) is 12.3. The highest BCUT2D eigenvalue weighted by atomic mass is 15.1. The van der Waals surface area contributed by atoms with Crippen molar-refractivity contribution in [2.75, 3.05) is 4.90 Å². The van der Waals surface area contributed by atoms with E-state index in [4.69, 9.17) is 0 Å². The molecule has 0 spiro atoms. The van der Waals surface area contributed by atoms with Gasteiger partial charge in [-0.25, -0.2) is 0 Å². The van der Waals surface area contributed by atoms with Gasteiger partial charge >= 0.3 is 0 Å². The number of fused-ring (bicyclic) bond motifs is 7. The molecule has 0 saturated heterocycles. The lowest BCUT2D eigenvalue weighted by molar-refractivity contribution is 1.19. The first-order chi connectivity index (χ1) is 29.8. The van der Waals surface area contributed by atoms with Crippen molar-refractivity contribution in [2.24, 2.45) is 0 Å². The molecule has 12 rings (SSSR count). The standard InChI is InChI=1S/C58H38N2/c1-3-19-45(20-4-1)59(46-21-5-2-6-22-46)47-31-33-51-53(37-47)57(43-29-27-39-15-7-9-17-41(39)35-43)52-34-32-48(60-55-25-13-11-23-49(55)50-24-12-14-26-56(50)60)38-54(52)58(51)44-30-28-40-16-8-10-18-42(40)36-44/h1-38H. The Balaban J connectivity index is 1.23. The highest BCUT2D eigenvalue weighted by Gasteiger charge is 2.22. The van der Waals surface area contributed by atoms with Crippen LogP contribution in [0.15, 0.2) is 231 Å². The van der Waals surface area contributed by atoms with Crippen molar-refractivity contribution in [3.8, 4) is 27.9 Å². The van der Waals surface area contributed by atoms with E-state index in [-0.39, 0.29) is 0 Å². The summed E-state index contributed by atoms with van der Waals surface area (Å²) in [6.45, 7) is 0. The van der Waals surface area contributed by atoms with Crippen LogP contribution in [0.4, 0.5) is 17.1 Å². The zero-order valence-corrected chi connectivity index (χ0v) is 32.8. The van der Waals surface area contributed by atoms with Gasteiger partial charge in [0.05, 0.1) is 11.0 Å². The van der Waals surface area contributed by atoms with E-state index in [1.54, 1.807) is 0 Å². The van der Waals surface area contributed by atoms with Crippen LogP contribution in [-0.2, 0) is 0 Å². The third-order valence-electron chi connectivity index (χ3n) is 12.3. The summed E-state index contributed by atoms with van der Waals surface area (Å²) < 4.78 is 2.44. The number of nitrogens with zero attached hydrogens (tertiary/aromatic N) is 2. The summed E-state index contributed by atoms with van der Waals surface area (Å²) in [6, 6.07) is 84.5. The quantitative estimate of drug-likeness (QED) is 0.153. The molecule has 0 N–H and O–H groups in total. The monoisotopic (exact) mass is 762 g/mol. The summed E-state index contributed by atoms with van der Waals surface area (Å²) in [5.41, 5.74) is 11.7. The molecule has 11 aromatic carbocycles. The second-order valence-corrected chi connectivity index (χ2v) is 15.7. The molecule has 2 nitrogen and oxygen atoms in total. The van der Waals surface area contributed by atoms with E-state index in [0.29, 0.717) is 0 Å². The molecule has 0 bridgehead atoms. The molecule has 280 valence electrons. The number of hydrogen-bond acceptors (Lipinski definition) is 1. The Labute approximate surface area is 348 Å². The molecule has 0 unspecified atom stereocenters. The molecule has 1 aromatic heterocycles. The van der Waals surface area contributed by atoms with E-state index in [2.05, 4.69) is 240 Å². The lowest BCUT2D eigenvalue weighted by Gasteiger charge is -2.27. The van der Waals surface area contributed by atoms with Crippen LogP contribution in [0.25, 0.3) is 92.8 Å². The van der Waals surface area contributed by atoms with Gasteiger partial charge in [-0.2, -0.15) is 0 Å². The van der Waals surface area contributed by atoms with Crippen molar-refractivity contribution in [3.05, 3.63) is 231 Å². The van der Waals surface area contributed by atoms with Gasteiger partial charge in [-0.1, -0.05) is 158 Å². The predicted molar refractivity (Wildman–Crippen MR) is 256 cm³/mol. The number of aromatic nitrogens is 1. The van der Waals surface area contributed by atoms with Crippen LogP contribution in [0.1, 0.15) is 0 Å². The van der Waals surface area contributed by atoms with E-state index < -0.39 is 0 Å². The van der Waals surface area contributed by atoms with Gasteiger partial charge in [-0.05, 0) is 138 Å². The highest BCUT2D eigenvalue weighted by Crippen LogP contribution is 2.48. The Bertz CT molecular complexity index is 3510. The van der Waals surface area contributed by atoms with E-state index >= 15 is 0 Å². The minimum Gasteiger partial charge on any atom is -0.310 e. The van der Waals surface area contributed by atoms with Crippen molar-refractivity contribution >= 4 is 82.0 Å². The average molecular weight is 763 g/mol. The molecule has 0 aliphatic heterocycles. The predicted octanol–water partition coefficient (Wildman–Crippen LogP) is 16.2. The molecular formula is C58H38N2. The summed E-state index contributed by atoms with van der Waals surface area (Å²) in [6.07, 6.45) is 0. The van der Waals surface area contributed by atoms with Crippen molar-refractivity contribution < 1.29 is 0 Å². The molecule has 1 heterocycles. The lowest BCUT2D eigenvalue weighted by Crippen LogP contribution is -2.09. The molecule has 0 atom stereocenters. The summed E-state index contributed by atoms with van der Waals surface area (Å²) in [5.74, 6) is 0. The zero-order chi connectivity index (χ0) is 39.6. The third kappa shape index (κ3) is 5.50. The minimum atomic E-state index is 1.10. The van der Waals surface area contributed by atoms with Crippen molar-refractivity contribution in [1.29, 1.82) is 0 Å². The van der Waals surface area contributed by atoms with Crippen LogP contribution in [0.2, 0.25) is 0 Å². The Morgan fingerprint density at radius 3 is 1.27 bits per heavy atom. The van der Waals surface area contributed by atoms with Crippen molar-refractivity contribution in [2.45, 2.75) is 0 Å². The SMILES string of the molecule is c1ccc(N(c2ccccc2)c2ccc3c(-c4ccc5ccccc5c4)c4cc(-n5c6ccccc6c6ccccc65)ccc4c(-c4ccc5ccccc5c4)c3c2)cc1. The molecule has 0 aliphatic rings. The number of benzene rings is 11. The Morgan fingerprint density at radius 2 is 0.717 bits per heavy atom. The van der Waals surface area contributed by atoms with Crippen molar-refractivity contribution in [1.82, 2.24) is 4.57 Å². The van der Waals surface area contributed by atoms with Crippen LogP contribution < -0.4 is 4.90 Å². The Morgan fingerprint density at radius 1 is 0.267 bits per heavy atom. The van der Waals surface area contributed by atoms with E-state index in [1.807, 2.05) is 0 Å². The molecule has 0 aliphatic carbocycles. The molecule has 0 fully saturated rings. The van der Waals surface area contributed by atoms with Gasteiger partial charge < -0.3 is 9.47 Å². The van der Waals surface area contributed by atoms with Crippen LogP contribution in [0.5, 0.6) is 0 Å². The van der Waals surface area contributed by atoms with Crippen LogP contribution in [0, 0.1) is 0 Å². The first-order valence-electron chi connectivity index (χ1n) is 20.7. The first-order valence-corrected chi connectivity index (χ1v) is 20.7. The van der Waals surface area contributed by atoms with Gasteiger partial charge in [0, 0.05) is 33.5 Å². The summed E-state index contributed by atoms with van der Waals surface area (Å²) in [4.78, 5) is 2.37. The fourth-order valence-electron chi connectivity index (χ4n) is 9.60. The second-order valence-electron chi connectivity index (χ2n) is 15.7. The number of anilines is 3. The molecule has 0 radical (unpaired) electrons. The van der Waals surface area contributed by atoms with Crippen LogP contribution in [0.3, 0.4) is 0 Å². The fourth-order valence-corrected chi connectivity index (χ4v) is 9.60. The molecule has 12 aromatic rings. The van der Waals surface area contributed by atoms with Gasteiger partial charge in [0.15, 0.2) is 0 Å². The fraction of sp³-hybridized carbons (Fsp3) is 0. The largest absolute Gasteiger partial charge is 0.310 e. The normalized spacial score (nSPS) is 11.7. The van der Waals surface area contributed by atoms with E-state index in [0.717, 1.165) is 22.7 Å². The highest BCUT2D eigenvalue weighted by molar-refractivity contribution is 6.23. The maximum Gasteiger partial charge on any atom is 0.0541 e. The Hall–Kier alpha value is -7.94. The van der Waals surface area contributed by atoms with Gasteiger partial charge in [-0.15, -0.1) is 0 Å². The van der Waals surface area contributed by atoms with Gasteiger partial charge in [-0.3, -0.25) is 0 Å². The molecule has 0 saturated carbocycles. The minimum absolute atomic E-state index is 1.10. The van der Waals surface area contributed by atoms with Gasteiger partial charge in [0.1, 0.15) is 0 Å². The van der Waals surface area contributed by atoms with Crippen molar-refractivity contribution in [3.63, 3.8) is 0 Å². The number of hydrogen-bond donors (Lipinski definition) is 0. The number of rotatable bonds is 6. The van der Waals surface area contributed by atoms with Crippen LogP contribution >= 0.6 is 0 Å². The third-order valence-corrected chi connectivity index (χ3v) is 12.3. The van der Waals surface area contributed by atoms with Gasteiger partial charge in [0.25, 0.3) is 0 Å². The molecule has 2 heteroatoms. The zero-order valence-electron chi connectivity index (χ0n) is 32.8. The van der Waals surface area contributed by atoms with Crippen LogP contribution in [-0.4, -0.2) is 4.57 Å². The average Bonchev–Trinajstić information content (AvgIpc) is 3.65. The van der Waals surface area contributed by atoms with Gasteiger partial charge in [0.2, 0.25) is 0 Å². The molecule has 0 amide bonds.